The molecule has 1 aliphatic heterocycles. The summed E-state index contributed by atoms with van der Waals surface area (Å²) in [5.41, 5.74) is 3.93. The molecule has 0 spiro atoms. The highest BCUT2D eigenvalue weighted by molar-refractivity contribution is 6.27. The number of amides is 3. The first kappa shape index (κ1) is 27.0. The quantitative estimate of drug-likeness (QED) is 0.423. The van der Waals surface area contributed by atoms with E-state index in [4.69, 9.17) is 11.6 Å². The Labute approximate surface area is 215 Å². The molecule has 2 aromatic carbocycles. The van der Waals surface area contributed by atoms with Gasteiger partial charge >= 0.3 is 6.03 Å². The van der Waals surface area contributed by atoms with Crippen molar-refractivity contribution < 1.29 is 9.59 Å². The number of carbonyl (C=O) groups is 2. The highest BCUT2D eigenvalue weighted by Crippen LogP contribution is 2.24. The highest BCUT2D eigenvalue weighted by Gasteiger charge is 2.30. The third-order valence-electron chi connectivity index (χ3n) is 6.86. The van der Waals surface area contributed by atoms with Gasteiger partial charge in [0.15, 0.2) is 0 Å². The van der Waals surface area contributed by atoms with E-state index in [2.05, 4.69) is 29.4 Å². The predicted octanol–water partition coefficient (Wildman–Crippen LogP) is 5.54. The van der Waals surface area contributed by atoms with Crippen molar-refractivity contribution in [2.24, 2.45) is 0 Å². The van der Waals surface area contributed by atoms with Crippen LogP contribution < -0.4 is 10.6 Å². The van der Waals surface area contributed by atoms with Crippen molar-refractivity contribution in [3.63, 3.8) is 0 Å². The summed E-state index contributed by atoms with van der Waals surface area (Å²) in [7, 11) is 0. The van der Waals surface area contributed by atoms with Gasteiger partial charge in [-0.05, 0) is 61.9 Å². The van der Waals surface area contributed by atoms with Gasteiger partial charge in [0.1, 0.15) is 5.88 Å². The fourth-order valence-corrected chi connectivity index (χ4v) is 4.93. The maximum Gasteiger partial charge on any atom is 0.322 e. The molecular formula is C28H39ClN4O2. The summed E-state index contributed by atoms with van der Waals surface area (Å²) >= 11 is 5.65. The molecular weight excluding hydrogens is 460 g/mol. The Morgan fingerprint density at radius 3 is 2.49 bits per heavy atom. The van der Waals surface area contributed by atoms with Crippen LogP contribution >= 0.6 is 11.6 Å². The molecule has 35 heavy (non-hydrogen) atoms. The molecule has 1 unspecified atom stereocenters. The van der Waals surface area contributed by atoms with E-state index in [0.29, 0.717) is 19.1 Å². The molecule has 0 aliphatic carbocycles. The van der Waals surface area contributed by atoms with E-state index in [0.717, 1.165) is 48.3 Å². The van der Waals surface area contributed by atoms with E-state index >= 15 is 0 Å². The zero-order valence-corrected chi connectivity index (χ0v) is 22.0. The maximum atomic E-state index is 13.6. The lowest BCUT2D eigenvalue weighted by Crippen LogP contribution is -2.50. The number of hydrogen-bond donors (Lipinski definition) is 2. The molecule has 3 rings (SSSR count). The first-order valence-corrected chi connectivity index (χ1v) is 13.2. The minimum Gasteiger partial charge on any atom is -0.351 e. The van der Waals surface area contributed by atoms with Crippen LogP contribution in [0.3, 0.4) is 0 Å². The Kier molecular flexibility index (Phi) is 10.4. The first-order valence-electron chi connectivity index (χ1n) is 12.7. The Morgan fingerprint density at radius 2 is 1.83 bits per heavy atom. The average Bonchev–Trinajstić information content (AvgIpc) is 2.86. The second-order valence-electron chi connectivity index (χ2n) is 9.51. The van der Waals surface area contributed by atoms with E-state index in [9.17, 15) is 9.59 Å². The van der Waals surface area contributed by atoms with Gasteiger partial charge in [-0.25, -0.2) is 4.79 Å². The predicted molar refractivity (Wildman–Crippen MR) is 144 cm³/mol. The molecule has 0 radical (unpaired) electrons. The maximum absolute atomic E-state index is 13.6. The van der Waals surface area contributed by atoms with Crippen LogP contribution in [0.1, 0.15) is 56.2 Å². The van der Waals surface area contributed by atoms with Gasteiger partial charge in [0.25, 0.3) is 0 Å². The summed E-state index contributed by atoms with van der Waals surface area (Å²) in [6, 6.07) is 16.5. The van der Waals surface area contributed by atoms with E-state index in [1.807, 2.05) is 60.4 Å². The normalized spacial score (nSPS) is 15.4. The second kappa shape index (κ2) is 13.5. The molecule has 3 amide bonds. The first-order chi connectivity index (χ1) is 16.9. The third-order valence-corrected chi connectivity index (χ3v) is 7.10. The van der Waals surface area contributed by atoms with Crippen molar-refractivity contribution in [2.45, 2.75) is 71.6 Å². The molecule has 1 aliphatic rings. The van der Waals surface area contributed by atoms with Crippen molar-refractivity contribution in [3.05, 3.63) is 65.2 Å². The highest BCUT2D eigenvalue weighted by atomic mass is 35.5. The third kappa shape index (κ3) is 7.97. The van der Waals surface area contributed by atoms with Gasteiger partial charge in [-0.15, -0.1) is 11.6 Å². The summed E-state index contributed by atoms with van der Waals surface area (Å²) < 4.78 is 0. The largest absolute Gasteiger partial charge is 0.351 e. The number of anilines is 1. The minimum atomic E-state index is -0.205. The summed E-state index contributed by atoms with van der Waals surface area (Å²) in [4.78, 5) is 29.8. The van der Waals surface area contributed by atoms with Gasteiger partial charge < -0.3 is 20.4 Å². The Balaban J connectivity index is 1.78. The van der Waals surface area contributed by atoms with Crippen LogP contribution in [0.2, 0.25) is 0 Å². The van der Waals surface area contributed by atoms with Crippen LogP contribution in [0.5, 0.6) is 0 Å². The standard InChI is InChI=1S/C28H39ClN4O2/c1-4-8-22(3)32-15-13-26(14-16-32)33(28(35)31-25-12-7-9-21(2)17-25)20-24-11-6-5-10-23(24)19-30-27(34)18-29/h5-7,9-12,17,22,26H,4,8,13-16,18-20H2,1-3H3,(H,30,34)(H,31,35). The number of halogens is 1. The van der Waals surface area contributed by atoms with E-state index in [-0.39, 0.29) is 23.9 Å². The van der Waals surface area contributed by atoms with E-state index in [1.54, 1.807) is 0 Å². The van der Waals surface area contributed by atoms with Crippen LogP contribution in [-0.2, 0) is 17.9 Å². The van der Waals surface area contributed by atoms with Crippen molar-refractivity contribution in [1.82, 2.24) is 15.1 Å². The molecule has 1 fully saturated rings. The van der Waals surface area contributed by atoms with Crippen molar-refractivity contribution >= 4 is 29.2 Å². The lowest BCUT2D eigenvalue weighted by molar-refractivity contribution is -0.118. The number of rotatable bonds is 10. The lowest BCUT2D eigenvalue weighted by atomic mass is 9.99. The number of carbonyl (C=O) groups excluding carboxylic acids is 2. The fraction of sp³-hybridized carbons (Fsp3) is 0.500. The number of nitrogens with zero attached hydrogens (tertiary/aromatic N) is 2. The van der Waals surface area contributed by atoms with Crippen LogP contribution in [0, 0.1) is 6.92 Å². The number of likely N-dealkylation sites (tertiary alicyclic amines) is 1. The molecule has 190 valence electrons. The summed E-state index contributed by atoms with van der Waals surface area (Å²) in [6.45, 7) is 9.42. The average molecular weight is 499 g/mol. The number of hydrogen-bond acceptors (Lipinski definition) is 3. The molecule has 0 bridgehead atoms. The zero-order chi connectivity index (χ0) is 25.2. The van der Waals surface area contributed by atoms with Gasteiger partial charge in [-0.2, -0.15) is 0 Å². The molecule has 0 saturated carbocycles. The van der Waals surface area contributed by atoms with Crippen molar-refractivity contribution in [1.29, 1.82) is 0 Å². The summed E-state index contributed by atoms with van der Waals surface area (Å²) in [6.07, 6.45) is 4.27. The number of alkyl halides is 1. The second-order valence-corrected chi connectivity index (χ2v) is 9.78. The van der Waals surface area contributed by atoms with Crippen molar-refractivity contribution in [2.75, 3.05) is 24.3 Å². The molecule has 2 N–H and O–H groups in total. The molecule has 1 heterocycles. The van der Waals surface area contributed by atoms with E-state index in [1.165, 1.54) is 12.8 Å². The Morgan fingerprint density at radius 1 is 1.11 bits per heavy atom. The van der Waals surface area contributed by atoms with E-state index < -0.39 is 0 Å². The van der Waals surface area contributed by atoms with Gasteiger partial charge in [-0.3, -0.25) is 4.79 Å². The van der Waals surface area contributed by atoms with Crippen LogP contribution in [0.25, 0.3) is 0 Å². The van der Waals surface area contributed by atoms with Gasteiger partial charge in [0, 0.05) is 44.0 Å². The van der Waals surface area contributed by atoms with Crippen LogP contribution in [0.15, 0.2) is 48.5 Å². The van der Waals surface area contributed by atoms with Gasteiger partial charge in [0.2, 0.25) is 5.91 Å². The topological polar surface area (TPSA) is 64.7 Å². The van der Waals surface area contributed by atoms with Gasteiger partial charge in [0.05, 0.1) is 0 Å². The number of nitrogens with one attached hydrogen (secondary N) is 2. The molecule has 6 nitrogen and oxygen atoms in total. The number of piperidine rings is 1. The number of aryl methyl sites for hydroxylation is 1. The fourth-order valence-electron chi connectivity index (χ4n) is 4.83. The number of benzene rings is 2. The zero-order valence-electron chi connectivity index (χ0n) is 21.2. The lowest BCUT2D eigenvalue weighted by Gasteiger charge is -2.41. The van der Waals surface area contributed by atoms with Gasteiger partial charge in [-0.1, -0.05) is 49.7 Å². The summed E-state index contributed by atoms with van der Waals surface area (Å²) in [5.74, 6) is -0.272. The monoisotopic (exact) mass is 498 g/mol. The molecule has 0 aromatic heterocycles. The van der Waals surface area contributed by atoms with Crippen LogP contribution in [0.4, 0.5) is 10.5 Å². The smallest absolute Gasteiger partial charge is 0.322 e. The Hall–Kier alpha value is -2.57. The Bertz CT molecular complexity index is 975. The molecule has 2 aromatic rings. The number of urea groups is 1. The minimum absolute atomic E-state index is 0.0672. The summed E-state index contributed by atoms with van der Waals surface area (Å²) in [5, 5.41) is 5.97. The molecule has 1 saturated heterocycles. The molecule has 1 atom stereocenters. The van der Waals surface area contributed by atoms with Crippen molar-refractivity contribution in [3.8, 4) is 0 Å². The molecule has 7 heteroatoms. The van der Waals surface area contributed by atoms with Crippen LogP contribution in [-0.4, -0.2) is 52.8 Å². The SMILES string of the molecule is CCCC(C)N1CCC(N(Cc2ccccc2CNC(=O)CCl)C(=O)Nc2cccc(C)c2)CC1.